The zero-order valence-corrected chi connectivity index (χ0v) is 9.74. The van der Waals surface area contributed by atoms with Crippen LogP contribution in [0.1, 0.15) is 25.7 Å². The molecule has 0 aliphatic heterocycles. The van der Waals surface area contributed by atoms with Crippen molar-refractivity contribution < 1.29 is 0 Å². The van der Waals surface area contributed by atoms with Crippen LogP contribution in [-0.2, 0) is 0 Å². The third kappa shape index (κ3) is 1.82. The summed E-state index contributed by atoms with van der Waals surface area (Å²) in [5.41, 5.74) is 5.56. The van der Waals surface area contributed by atoms with Crippen molar-refractivity contribution in [2.45, 2.75) is 31.7 Å². The molecule has 5 heteroatoms. The van der Waals surface area contributed by atoms with Crippen LogP contribution in [0.3, 0.4) is 0 Å². The summed E-state index contributed by atoms with van der Waals surface area (Å²) in [6, 6.07) is 2.29. The molecular formula is C11H15ClN4. The Morgan fingerprint density at radius 2 is 2.19 bits per heavy atom. The molecule has 86 valence electrons. The SMILES string of the molecule is Nc1nc(Cl)cc(N[C@H]2C[C@H]3CC[C@@H]2C3)n1. The third-order valence-corrected chi connectivity index (χ3v) is 3.98. The summed E-state index contributed by atoms with van der Waals surface area (Å²) in [4.78, 5) is 8.00. The van der Waals surface area contributed by atoms with E-state index in [4.69, 9.17) is 17.3 Å². The lowest BCUT2D eigenvalue weighted by molar-refractivity contribution is 0.439. The van der Waals surface area contributed by atoms with Gasteiger partial charge in [-0.25, -0.2) is 4.98 Å². The summed E-state index contributed by atoms with van der Waals surface area (Å²) in [5, 5.41) is 3.84. The van der Waals surface area contributed by atoms with E-state index in [1.54, 1.807) is 6.07 Å². The molecule has 16 heavy (non-hydrogen) atoms. The van der Waals surface area contributed by atoms with Crippen LogP contribution in [0.5, 0.6) is 0 Å². The number of halogens is 1. The molecule has 0 amide bonds. The highest BCUT2D eigenvalue weighted by molar-refractivity contribution is 6.29. The number of nitrogens with zero attached hydrogens (tertiary/aromatic N) is 2. The maximum Gasteiger partial charge on any atom is 0.223 e. The van der Waals surface area contributed by atoms with E-state index in [0.29, 0.717) is 11.2 Å². The zero-order valence-electron chi connectivity index (χ0n) is 8.99. The fourth-order valence-electron chi connectivity index (χ4n) is 3.12. The Morgan fingerprint density at radius 1 is 1.31 bits per heavy atom. The largest absolute Gasteiger partial charge is 0.368 e. The van der Waals surface area contributed by atoms with E-state index in [0.717, 1.165) is 17.7 Å². The minimum absolute atomic E-state index is 0.234. The van der Waals surface area contributed by atoms with Gasteiger partial charge >= 0.3 is 0 Å². The fraction of sp³-hybridized carbons (Fsp3) is 0.636. The molecule has 0 unspecified atom stereocenters. The predicted octanol–water partition coefficient (Wildman–Crippen LogP) is 2.31. The lowest BCUT2D eigenvalue weighted by atomic mass is 9.95. The average Bonchev–Trinajstić information content (AvgIpc) is 2.77. The molecule has 2 aliphatic carbocycles. The molecule has 0 spiro atoms. The van der Waals surface area contributed by atoms with Crippen molar-refractivity contribution in [3.63, 3.8) is 0 Å². The molecule has 0 aromatic carbocycles. The van der Waals surface area contributed by atoms with Crippen LogP contribution in [0.2, 0.25) is 5.15 Å². The molecule has 2 fully saturated rings. The highest BCUT2D eigenvalue weighted by Gasteiger charge is 2.39. The van der Waals surface area contributed by atoms with Gasteiger partial charge in [-0.05, 0) is 31.1 Å². The van der Waals surface area contributed by atoms with Gasteiger partial charge in [0.2, 0.25) is 5.95 Å². The highest BCUT2D eigenvalue weighted by atomic mass is 35.5. The Kier molecular flexibility index (Phi) is 2.39. The maximum absolute atomic E-state index is 5.84. The molecule has 2 aliphatic rings. The summed E-state index contributed by atoms with van der Waals surface area (Å²) >= 11 is 5.84. The Bertz CT molecular complexity index is 389. The topological polar surface area (TPSA) is 63.8 Å². The first-order chi connectivity index (χ1) is 7.70. The Hall–Kier alpha value is -1.03. The van der Waals surface area contributed by atoms with E-state index in [-0.39, 0.29) is 5.95 Å². The van der Waals surface area contributed by atoms with Gasteiger partial charge in [-0.15, -0.1) is 0 Å². The standard InChI is InChI=1S/C11H15ClN4/c12-9-5-10(16-11(13)15-9)14-8-4-6-1-2-7(8)3-6/h5-8H,1-4H2,(H3,13,14,15,16)/t6-,7+,8-/m0/s1. The van der Waals surface area contributed by atoms with Crippen molar-refractivity contribution in [3.05, 3.63) is 11.2 Å². The first-order valence-electron chi connectivity index (χ1n) is 5.77. The van der Waals surface area contributed by atoms with E-state index in [2.05, 4.69) is 15.3 Å². The average molecular weight is 239 g/mol. The molecule has 3 atom stereocenters. The number of fused-ring (bicyclic) bond motifs is 2. The number of nitrogen functional groups attached to an aromatic ring is 1. The number of anilines is 2. The first-order valence-corrected chi connectivity index (χ1v) is 6.15. The molecule has 1 aromatic heterocycles. The first kappa shape index (κ1) is 10.1. The minimum Gasteiger partial charge on any atom is -0.368 e. The van der Waals surface area contributed by atoms with Gasteiger partial charge in [-0.3, -0.25) is 0 Å². The van der Waals surface area contributed by atoms with Gasteiger partial charge in [0.25, 0.3) is 0 Å². The van der Waals surface area contributed by atoms with Crippen LogP contribution < -0.4 is 11.1 Å². The molecule has 0 radical (unpaired) electrons. The van der Waals surface area contributed by atoms with Gasteiger partial charge in [0.05, 0.1) is 0 Å². The quantitative estimate of drug-likeness (QED) is 0.777. The monoisotopic (exact) mass is 238 g/mol. The van der Waals surface area contributed by atoms with Crippen molar-refractivity contribution in [2.24, 2.45) is 11.8 Å². The smallest absolute Gasteiger partial charge is 0.223 e. The van der Waals surface area contributed by atoms with Crippen molar-refractivity contribution in [3.8, 4) is 0 Å². The molecule has 2 saturated carbocycles. The van der Waals surface area contributed by atoms with Crippen LogP contribution in [0.25, 0.3) is 0 Å². The van der Waals surface area contributed by atoms with Gasteiger partial charge in [0.15, 0.2) is 0 Å². The number of nitrogens with two attached hydrogens (primary N) is 1. The molecule has 2 bridgehead atoms. The maximum atomic E-state index is 5.84. The number of nitrogens with one attached hydrogen (secondary N) is 1. The Morgan fingerprint density at radius 3 is 2.81 bits per heavy atom. The minimum atomic E-state index is 0.234. The van der Waals surface area contributed by atoms with E-state index >= 15 is 0 Å². The van der Waals surface area contributed by atoms with Crippen LogP contribution >= 0.6 is 11.6 Å². The summed E-state index contributed by atoms with van der Waals surface area (Å²) in [7, 11) is 0. The summed E-state index contributed by atoms with van der Waals surface area (Å²) in [6.07, 6.45) is 5.37. The van der Waals surface area contributed by atoms with Gasteiger partial charge in [0, 0.05) is 12.1 Å². The lowest BCUT2D eigenvalue weighted by Gasteiger charge is -2.23. The summed E-state index contributed by atoms with van der Waals surface area (Å²) < 4.78 is 0. The fourth-order valence-corrected chi connectivity index (χ4v) is 3.31. The summed E-state index contributed by atoms with van der Waals surface area (Å²) in [6.45, 7) is 0. The van der Waals surface area contributed by atoms with Gasteiger partial charge in [-0.1, -0.05) is 18.0 Å². The number of aromatic nitrogens is 2. The predicted molar refractivity (Wildman–Crippen MR) is 64.3 cm³/mol. The second-order valence-corrected chi connectivity index (χ2v) is 5.25. The van der Waals surface area contributed by atoms with Crippen molar-refractivity contribution in [1.29, 1.82) is 0 Å². The zero-order chi connectivity index (χ0) is 11.1. The normalized spacial score (nSPS) is 31.9. The molecular weight excluding hydrogens is 224 g/mol. The third-order valence-electron chi connectivity index (χ3n) is 3.78. The second kappa shape index (κ2) is 3.77. The summed E-state index contributed by atoms with van der Waals surface area (Å²) in [5.74, 6) is 2.71. The van der Waals surface area contributed by atoms with Crippen LogP contribution in [0, 0.1) is 11.8 Å². The highest BCUT2D eigenvalue weighted by Crippen LogP contribution is 2.45. The second-order valence-electron chi connectivity index (χ2n) is 4.86. The number of rotatable bonds is 2. The van der Waals surface area contributed by atoms with Gasteiger partial charge < -0.3 is 11.1 Å². The molecule has 4 nitrogen and oxygen atoms in total. The van der Waals surface area contributed by atoms with Gasteiger partial charge in [-0.2, -0.15) is 4.98 Å². The molecule has 1 heterocycles. The van der Waals surface area contributed by atoms with Crippen molar-refractivity contribution in [1.82, 2.24) is 9.97 Å². The molecule has 3 N–H and O–H groups in total. The van der Waals surface area contributed by atoms with E-state index in [1.807, 2.05) is 0 Å². The molecule has 1 aromatic rings. The number of hydrogen-bond acceptors (Lipinski definition) is 4. The van der Waals surface area contributed by atoms with Gasteiger partial charge in [0.1, 0.15) is 11.0 Å². The molecule has 0 saturated heterocycles. The van der Waals surface area contributed by atoms with Crippen molar-refractivity contribution in [2.75, 3.05) is 11.1 Å². The van der Waals surface area contributed by atoms with E-state index in [9.17, 15) is 0 Å². The Labute approximate surface area is 99.6 Å². The molecule has 3 rings (SSSR count). The number of hydrogen-bond donors (Lipinski definition) is 2. The van der Waals surface area contributed by atoms with Crippen molar-refractivity contribution >= 4 is 23.4 Å². The van der Waals surface area contributed by atoms with E-state index in [1.165, 1.54) is 25.7 Å². The van der Waals surface area contributed by atoms with Crippen LogP contribution in [0.15, 0.2) is 6.07 Å². The Balaban J connectivity index is 1.74. The lowest BCUT2D eigenvalue weighted by Crippen LogP contribution is -2.26. The van der Waals surface area contributed by atoms with Crippen LogP contribution in [-0.4, -0.2) is 16.0 Å². The van der Waals surface area contributed by atoms with E-state index < -0.39 is 0 Å². The van der Waals surface area contributed by atoms with Crippen LogP contribution in [0.4, 0.5) is 11.8 Å².